The molecule has 0 N–H and O–H groups in total. The Labute approximate surface area is 156 Å². The summed E-state index contributed by atoms with van der Waals surface area (Å²) in [6.07, 6.45) is 14.8. The smallest absolute Gasteiger partial charge is 0.0795 e. The van der Waals surface area contributed by atoms with Gasteiger partial charge in [-0.2, -0.15) is 0 Å². The van der Waals surface area contributed by atoms with E-state index in [1.807, 2.05) is 0 Å². The molecule has 3 heteroatoms. The fraction of sp³-hybridized carbons (Fsp3) is 1.00. The van der Waals surface area contributed by atoms with Gasteiger partial charge in [-0.1, -0.05) is 0 Å². The van der Waals surface area contributed by atoms with E-state index in [1.54, 1.807) is 0 Å². The number of hydrogen-bond acceptors (Lipinski definition) is 3. The van der Waals surface area contributed by atoms with Crippen LogP contribution in [0.15, 0.2) is 0 Å². The summed E-state index contributed by atoms with van der Waals surface area (Å²) in [6.45, 7) is 2.05. The third-order valence-electron chi connectivity index (χ3n) is 11.1. The van der Waals surface area contributed by atoms with Crippen molar-refractivity contribution in [2.45, 2.75) is 87.6 Å². The van der Waals surface area contributed by atoms with Crippen LogP contribution in [0.25, 0.3) is 0 Å². The molecule has 142 valence electrons. The minimum absolute atomic E-state index is 0.135. The zero-order valence-electron chi connectivity index (χ0n) is 15.8. The van der Waals surface area contributed by atoms with Gasteiger partial charge in [0.15, 0.2) is 0 Å². The summed E-state index contributed by atoms with van der Waals surface area (Å²) in [5.74, 6) is 5.08. The Morgan fingerprint density at radius 2 is 1.92 bits per heavy atom. The first-order valence-electron chi connectivity index (χ1n) is 11.7. The van der Waals surface area contributed by atoms with Crippen molar-refractivity contribution >= 4 is 0 Å². The maximum absolute atomic E-state index is 6.96. The second kappa shape index (κ2) is 4.39. The molecule has 4 aliphatic carbocycles. The second-order valence-electron chi connectivity index (χ2n) is 11.7. The van der Waals surface area contributed by atoms with Gasteiger partial charge in [-0.3, -0.25) is 0 Å². The minimum atomic E-state index is 0.135. The molecule has 4 aliphatic heterocycles. The maximum atomic E-state index is 6.96. The van der Waals surface area contributed by atoms with E-state index in [9.17, 15) is 0 Å². The number of rotatable bonds is 2. The van der Waals surface area contributed by atoms with Crippen molar-refractivity contribution in [2.24, 2.45) is 40.9 Å². The van der Waals surface area contributed by atoms with Crippen molar-refractivity contribution in [3.63, 3.8) is 0 Å². The first-order chi connectivity index (χ1) is 12.7. The highest BCUT2D eigenvalue weighted by atomic mass is 16.5. The fourth-order valence-corrected chi connectivity index (χ4v) is 10.5. The zero-order chi connectivity index (χ0) is 16.7. The molecular formula is C23H32O3. The lowest BCUT2D eigenvalue weighted by Gasteiger charge is -2.51. The SMILES string of the molecule is C1CC2(C3C4CC5CCC3C5O4)CC(C34CC5CC(CO3)C4C5)(C1)CO2. The molecule has 0 radical (unpaired) electrons. The Kier molecular flexibility index (Phi) is 2.50. The maximum Gasteiger partial charge on any atom is 0.0795 e. The van der Waals surface area contributed by atoms with Crippen molar-refractivity contribution < 1.29 is 14.2 Å². The molecule has 3 nitrogen and oxygen atoms in total. The Hall–Kier alpha value is -0.120. The summed E-state index contributed by atoms with van der Waals surface area (Å²) in [5.41, 5.74) is 0.661. The van der Waals surface area contributed by atoms with Gasteiger partial charge >= 0.3 is 0 Å². The number of ether oxygens (including phenoxy) is 3. The van der Waals surface area contributed by atoms with E-state index in [2.05, 4.69) is 0 Å². The lowest BCUT2D eigenvalue weighted by Crippen LogP contribution is -2.56. The highest BCUT2D eigenvalue weighted by Crippen LogP contribution is 2.73. The van der Waals surface area contributed by atoms with Crippen molar-refractivity contribution in [1.82, 2.24) is 0 Å². The van der Waals surface area contributed by atoms with Crippen LogP contribution in [0.1, 0.15) is 64.2 Å². The van der Waals surface area contributed by atoms with Gasteiger partial charge in [0.2, 0.25) is 0 Å². The van der Waals surface area contributed by atoms with Gasteiger partial charge < -0.3 is 14.2 Å². The predicted molar refractivity (Wildman–Crippen MR) is 95.6 cm³/mol. The molecule has 0 amide bonds. The van der Waals surface area contributed by atoms with Gasteiger partial charge in [-0.15, -0.1) is 0 Å². The van der Waals surface area contributed by atoms with E-state index in [4.69, 9.17) is 14.2 Å². The molecule has 0 spiro atoms. The van der Waals surface area contributed by atoms with Crippen LogP contribution in [-0.2, 0) is 14.2 Å². The third kappa shape index (κ3) is 1.42. The van der Waals surface area contributed by atoms with Gasteiger partial charge in [0.1, 0.15) is 0 Å². The quantitative estimate of drug-likeness (QED) is 0.750. The van der Waals surface area contributed by atoms with Gasteiger partial charge in [0, 0.05) is 11.3 Å². The van der Waals surface area contributed by atoms with Crippen molar-refractivity contribution in [2.75, 3.05) is 13.2 Å². The molecule has 0 aromatic heterocycles. The molecule has 4 saturated carbocycles. The highest BCUT2D eigenvalue weighted by Gasteiger charge is 2.75. The van der Waals surface area contributed by atoms with Crippen LogP contribution in [0, 0.1) is 40.9 Å². The average Bonchev–Trinajstić information content (AvgIpc) is 3.42. The Morgan fingerprint density at radius 3 is 2.88 bits per heavy atom. The van der Waals surface area contributed by atoms with Crippen LogP contribution in [0.5, 0.6) is 0 Å². The zero-order valence-corrected chi connectivity index (χ0v) is 15.8. The van der Waals surface area contributed by atoms with Crippen LogP contribution < -0.4 is 0 Å². The van der Waals surface area contributed by atoms with Crippen LogP contribution in [-0.4, -0.2) is 36.6 Å². The minimum Gasteiger partial charge on any atom is -0.374 e. The molecule has 11 unspecified atom stereocenters. The summed E-state index contributed by atoms with van der Waals surface area (Å²) in [4.78, 5) is 0. The molecule has 6 bridgehead atoms. The first kappa shape index (κ1) is 14.8. The van der Waals surface area contributed by atoms with E-state index in [-0.39, 0.29) is 11.2 Å². The molecule has 8 aliphatic rings. The van der Waals surface area contributed by atoms with Gasteiger partial charge in [-0.05, 0) is 93.8 Å². The molecule has 8 fully saturated rings. The number of fused-ring (bicyclic) bond motifs is 5. The monoisotopic (exact) mass is 356 g/mol. The van der Waals surface area contributed by atoms with E-state index in [1.165, 1.54) is 64.2 Å². The Bertz CT molecular complexity index is 676. The molecule has 0 aromatic rings. The topological polar surface area (TPSA) is 27.7 Å². The van der Waals surface area contributed by atoms with E-state index < -0.39 is 0 Å². The fourth-order valence-electron chi connectivity index (χ4n) is 10.5. The lowest BCUT2D eigenvalue weighted by molar-refractivity contribution is -0.125. The van der Waals surface area contributed by atoms with E-state index >= 15 is 0 Å². The van der Waals surface area contributed by atoms with Crippen LogP contribution in [0.2, 0.25) is 0 Å². The summed E-state index contributed by atoms with van der Waals surface area (Å²) >= 11 is 0. The molecule has 4 saturated heterocycles. The predicted octanol–water partition coefficient (Wildman–Crippen LogP) is 3.94. The largest absolute Gasteiger partial charge is 0.374 e. The molecule has 26 heavy (non-hydrogen) atoms. The molecule has 8 rings (SSSR count). The van der Waals surface area contributed by atoms with Crippen molar-refractivity contribution in [1.29, 1.82) is 0 Å². The first-order valence-corrected chi connectivity index (χ1v) is 11.7. The third-order valence-corrected chi connectivity index (χ3v) is 11.1. The molecule has 0 aromatic carbocycles. The van der Waals surface area contributed by atoms with Crippen molar-refractivity contribution in [3.8, 4) is 0 Å². The lowest BCUT2D eigenvalue weighted by atomic mass is 9.54. The van der Waals surface area contributed by atoms with E-state index in [0.717, 1.165) is 42.8 Å². The summed E-state index contributed by atoms with van der Waals surface area (Å²) in [6, 6.07) is 0. The summed E-state index contributed by atoms with van der Waals surface area (Å²) < 4.78 is 20.3. The number of hydrogen-bond donors (Lipinski definition) is 0. The van der Waals surface area contributed by atoms with Crippen molar-refractivity contribution in [3.05, 3.63) is 0 Å². The van der Waals surface area contributed by atoms with Gasteiger partial charge in [0.05, 0.1) is 36.6 Å². The summed E-state index contributed by atoms with van der Waals surface area (Å²) in [5, 5.41) is 0. The van der Waals surface area contributed by atoms with Crippen LogP contribution >= 0.6 is 0 Å². The average molecular weight is 357 g/mol. The van der Waals surface area contributed by atoms with Crippen LogP contribution in [0.3, 0.4) is 0 Å². The normalized spacial score (nSPS) is 69.2. The van der Waals surface area contributed by atoms with Gasteiger partial charge in [-0.25, -0.2) is 0 Å². The van der Waals surface area contributed by atoms with E-state index in [0.29, 0.717) is 23.5 Å². The molecule has 11 atom stereocenters. The van der Waals surface area contributed by atoms with Gasteiger partial charge in [0.25, 0.3) is 0 Å². The molecule has 4 heterocycles. The Balaban J connectivity index is 1.19. The molecular weight excluding hydrogens is 324 g/mol. The Morgan fingerprint density at radius 1 is 0.923 bits per heavy atom. The second-order valence-corrected chi connectivity index (χ2v) is 11.7. The standard InChI is InChI=1S/C23H32O3/c1-4-21(23-9-13-6-15(10-24-23)17(23)7-13)11-22(5-1,25-12-21)19-16-3-2-14-8-18(19)26-20(14)16/h13-20H,1-12H2. The summed E-state index contributed by atoms with van der Waals surface area (Å²) in [7, 11) is 0. The van der Waals surface area contributed by atoms with Crippen LogP contribution in [0.4, 0.5) is 0 Å². The highest BCUT2D eigenvalue weighted by molar-refractivity contribution is 5.23.